The molecule has 0 fully saturated rings. The van der Waals surface area contributed by atoms with Gasteiger partial charge in [0.2, 0.25) is 5.69 Å². The predicted molar refractivity (Wildman–Crippen MR) is 298 cm³/mol. The third-order valence-corrected chi connectivity index (χ3v) is 15.3. The topological polar surface area (TPSA) is 174 Å². The van der Waals surface area contributed by atoms with E-state index in [4.69, 9.17) is 4.74 Å². The van der Waals surface area contributed by atoms with Crippen LogP contribution in [-0.4, -0.2) is 85.0 Å². The van der Waals surface area contributed by atoms with Crippen LogP contribution in [0, 0.1) is 0 Å². The molecular weight excluding hydrogens is 971 g/mol. The number of hydrogen-bond acceptors (Lipinski definition) is 8. The first-order valence-corrected chi connectivity index (χ1v) is 28.4. The number of anilines is 1. The van der Waals surface area contributed by atoms with Crippen molar-refractivity contribution >= 4 is 54.4 Å². The van der Waals surface area contributed by atoms with Gasteiger partial charge in [-0.25, -0.2) is 0 Å². The van der Waals surface area contributed by atoms with Gasteiger partial charge in [-0.1, -0.05) is 124 Å². The van der Waals surface area contributed by atoms with E-state index in [2.05, 4.69) is 79.8 Å². The number of hydrogen-bond donors (Lipinski definition) is 4. The lowest BCUT2D eigenvalue weighted by atomic mass is 9.81. The number of fused-ring (bicyclic) bond motifs is 2. The van der Waals surface area contributed by atoms with Crippen molar-refractivity contribution in [3.63, 3.8) is 0 Å². The summed E-state index contributed by atoms with van der Waals surface area (Å²) in [4.78, 5) is 15.8. The number of carbonyl (C=O) groups is 1. The minimum absolute atomic E-state index is 0.206. The summed E-state index contributed by atoms with van der Waals surface area (Å²) >= 11 is 0. The average molecular weight is 1040 g/mol. The SMILES string of the molecule is CC/C(=C(/c1ccc(O)cc1)c1ccc(OCCNC(=O)c2ccc3c(c2)C(C)(C)C(=CC=CC=CC=CC2=[N+](CCCCS(=O)(=O)O)c4ccccc4C2(C)C)N3CCCCS(=O)(=O)O)cc1)c1ccccc1. The third-order valence-electron chi connectivity index (χ3n) is 13.7. The summed E-state index contributed by atoms with van der Waals surface area (Å²) < 4.78 is 72.8. The van der Waals surface area contributed by atoms with Gasteiger partial charge in [0.05, 0.1) is 23.5 Å². The normalized spacial score (nSPS) is 16.1. The van der Waals surface area contributed by atoms with Gasteiger partial charge >= 0.3 is 0 Å². The average Bonchev–Trinajstić information content (AvgIpc) is 3.71. The molecule has 2 aliphatic heterocycles. The summed E-state index contributed by atoms with van der Waals surface area (Å²) in [6.45, 7) is 12.3. The molecule has 4 N–H and O–H groups in total. The Kier molecular flexibility index (Phi) is 17.8. The van der Waals surface area contributed by atoms with Crippen molar-refractivity contribution in [2.24, 2.45) is 0 Å². The van der Waals surface area contributed by atoms with Crippen molar-refractivity contribution in [3.05, 3.63) is 203 Å². The minimum Gasteiger partial charge on any atom is -0.508 e. The molecule has 7 rings (SSSR count). The molecule has 0 spiro atoms. The zero-order chi connectivity index (χ0) is 53.1. The number of phenols is 1. The molecule has 14 heteroatoms. The summed E-state index contributed by atoms with van der Waals surface area (Å²) in [7, 11) is -8.13. The largest absolute Gasteiger partial charge is 0.508 e. The maximum absolute atomic E-state index is 13.7. The number of amides is 1. The monoisotopic (exact) mass is 1040 g/mol. The predicted octanol–water partition coefficient (Wildman–Crippen LogP) is 11.6. The maximum Gasteiger partial charge on any atom is 0.264 e. The number of nitrogens with one attached hydrogen (secondary N) is 1. The molecule has 0 atom stereocenters. The summed E-state index contributed by atoms with van der Waals surface area (Å²) in [6, 6.07) is 39.3. The number of aromatic hydroxyl groups is 1. The zero-order valence-electron chi connectivity index (χ0n) is 42.9. The molecule has 0 bridgehead atoms. The van der Waals surface area contributed by atoms with Gasteiger partial charge in [0.25, 0.3) is 26.1 Å². The first-order valence-electron chi connectivity index (χ1n) is 25.2. The fourth-order valence-corrected chi connectivity index (χ4v) is 11.1. The quantitative estimate of drug-likeness (QED) is 0.0162. The molecule has 0 saturated heterocycles. The number of benzene rings is 5. The van der Waals surface area contributed by atoms with E-state index in [1.54, 1.807) is 18.2 Å². The van der Waals surface area contributed by atoms with Crippen LogP contribution in [-0.2, 0) is 31.1 Å². The molecule has 1 amide bonds. The fourth-order valence-electron chi connectivity index (χ4n) is 10.00. The van der Waals surface area contributed by atoms with Crippen LogP contribution in [0.5, 0.6) is 11.5 Å². The van der Waals surface area contributed by atoms with Gasteiger partial charge in [0.1, 0.15) is 24.7 Å². The van der Waals surface area contributed by atoms with Crippen molar-refractivity contribution in [2.45, 2.75) is 77.6 Å². The molecule has 74 heavy (non-hydrogen) atoms. The number of nitrogens with zero attached hydrogens (tertiary/aromatic N) is 2. The van der Waals surface area contributed by atoms with Gasteiger partial charge in [-0.05, 0) is 121 Å². The zero-order valence-corrected chi connectivity index (χ0v) is 44.5. The van der Waals surface area contributed by atoms with Crippen LogP contribution < -0.4 is 15.0 Å². The van der Waals surface area contributed by atoms with Crippen molar-refractivity contribution < 1.29 is 45.2 Å². The van der Waals surface area contributed by atoms with Crippen LogP contribution in [0.3, 0.4) is 0 Å². The Morgan fingerprint density at radius 1 is 0.676 bits per heavy atom. The van der Waals surface area contributed by atoms with E-state index in [9.17, 15) is 35.8 Å². The Morgan fingerprint density at radius 3 is 1.96 bits per heavy atom. The Morgan fingerprint density at radius 2 is 1.28 bits per heavy atom. The van der Waals surface area contributed by atoms with Crippen molar-refractivity contribution in [3.8, 4) is 11.5 Å². The molecule has 0 aliphatic carbocycles. The highest BCUT2D eigenvalue weighted by Gasteiger charge is 2.44. The molecule has 12 nitrogen and oxygen atoms in total. The summed E-state index contributed by atoms with van der Waals surface area (Å²) in [5, 5.41) is 13.0. The van der Waals surface area contributed by atoms with Gasteiger partial charge in [-0.2, -0.15) is 21.4 Å². The number of ether oxygens (including phenoxy) is 1. The Bertz CT molecular complexity index is 3220. The second-order valence-corrected chi connectivity index (χ2v) is 22.7. The lowest BCUT2D eigenvalue weighted by Crippen LogP contribution is -2.28. The number of rotatable bonds is 23. The molecule has 2 heterocycles. The van der Waals surface area contributed by atoms with E-state index < -0.39 is 25.7 Å². The summed E-state index contributed by atoms with van der Waals surface area (Å²) in [5.41, 5.74) is 11.3. The number of unbranched alkanes of at least 4 members (excludes halogenated alkanes) is 2. The van der Waals surface area contributed by atoms with E-state index >= 15 is 0 Å². The lowest BCUT2D eigenvalue weighted by molar-refractivity contribution is -0.438. The first kappa shape index (κ1) is 54.9. The Balaban J connectivity index is 1.02. The van der Waals surface area contributed by atoms with Gasteiger partial charge in [0.15, 0.2) is 5.71 Å². The fraction of sp³-hybridized carbons (Fsp3) is 0.300. The number of para-hydroxylation sites is 1. The molecule has 0 aromatic heterocycles. The maximum atomic E-state index is 13.7. The molecule has 5 aromatic rings. The van der Waals surface area contributed by atoms with Crippen molar-refractivity contribution in [2.75, 3.05) is 42.6 Å². The van der Waals surface area contributed by atoms with Crippen LogP contribution >= 0.6 is 0 Å². The van der Waals surface area contributed by atoms with Crippen molar-refractivity contribution in [1.82, 2.24) is 5.32 Å². The highest BCUT2D eigenvalue weighted by Crippen LogP contribution is 2.48. The van der Waals surface area contributed by atoms with E-state index in [1.165, 1.54) is 11.1 Å². The Hall–Kier alpha value is -6.84. The van der Waals surface area contributed by atoms with Crippen LogP contribution in [0.2, 0.25) is 0 Å². The van der Waals surface area contributed by atoms with Gasteiger partial charge < -0.3 is 20.1 Å². The molecule has 0 unspecified atom stereocenters. The standard InChI is InChI=1S/C60H67N3O9S2/c1-6-50(44-21-11-10-12-22-44)57(45-27-32-48(64)33-28-45)46-29-34-49(35-30-46)72-40-37-61-58(65)47-31-36-54-52(43-47)60(4,5)56(63(54)39-18-20-42-74(69,70)71)26-14-9-7-8-13-25-55-59(2,3)51-23-15-16-24-53(51)62(55)38-17-19-41-73(66,67)68/h7-16,21-36,43H,6,17-20,37-42H2,1-5H3,(H3-,61,64,65,66,67,68,69,70,71)/p+1/b57-50+. The van der Waals surface area contributed by atoms with E-state index in [1.807, 2.05) is 115 Å². The van der Waals surface area contributed by atoms with Crippen LogP contribution in [0.1, 0.15) is 105 Å². The lowest BCUT2D eigenvalue weighted by Gasteiger charge is -2.27. The highest BCUT2D eigenvalue weighted by atomic mass is 32.2. The number of allylic oxidation sites excluding steroid dienone is 9. The number of phenolic OH excluding ortho intramolecular Hbond substituents is 1. The molecule has 388 valence electrons. The second-order valence-electron chi connectivity index (χ2n) is 19.6. The van der Waals surface area contributed by atoms with Crippen LogP contribution in [0.25, 0.3) is 11.1 Å². The van der Waals surface area contributed by atoms with E-state index in [0.717, 1.165) is 57.0 Å². The highest BCUT2D eigenvalue weighted by molar-refractivity contribution is 7.86. The second kappa shape index (κ2) is 24.0. The van der Waals surface area contributed by atoms with Gasteiger partial charge in [-0.3, -0.25) is 13.9 Å². The third kappa shape index (κ3) is 13.7. The summed E-state index contributed by atoms with van der Waals surface area (Å²) in [5.74, 6) is 0.0314. The van der Waals surface area contributed by atoms with E-state index in [0.29, 0.717) is 43.7 Å². The Labute approximate surface area is 437 Å². The first-order chi connectivity index (χ1) is 35.3. The van der Waals surface area contributed by atoms with Gasteiger partial charge in [0, 0.05) is 53.0 Å². The van der Waals surface area contributed by atoms with Gasteiger partial charge in [-0.15, -0.1) is 0 Å². The van der Waals surface area contributed by atoms with Crippen molar-refractivity contribution in [1.29, 1.82) is 0 Å². The molecule has 0 saturated carbocycles. The van der Waals surface area contributed by atoms with E-state index in [-0.39, 0.29) is 48.1 Å². The molecule has 2 aliphatic rings. The summed E-state index contributed by atoms with van der Waals surface area (Å²) in [6.07, 6.45) is 16.4. The van der Waals surface area contributed by atoms with Crippen LogP contribution in [0.4, 0.5) is 11.4 Å². The smallest absolute Gasteiger partial charge is 0.264 e. The minimum atomic E-state index is -4.10. The molecule has 5 aromatic carbocycles. The van der Waals surface area contributed by atoms with Crippen LogP contribution in [0.15, 0.2) is 170 Å². The number of carbonyl (C=O) groups excluding carboxylic acids is 1. The molecular formula is C60H68N3O9S2+. The molecule has 0 radical (unpaired) electrons.